The number of rotatable bonds is 5. The highest BCUT2D eigenvalue weighted by Crippen LogP contribution is 1.94. The number of hydrogen-bond donors (Lipinski definition) is 1. The SMILES string of the molecule is COC(COS(=O)(=O)O)OC. The summed E-state index contributed by atoms with van der Waals surface area (Å²) in [5.41, 5.74) is 0. The minimum Gasteiger partial charge on any atom is -0.354 e. The van der Waals surface area contributed by atoms with Crippen LogP contribution in [0.15, 0.2) is 0 Å². The third kappa shape index (κ3) is 6.20. The van der Waals surface area contributed by atoms with E-state index in [1.807, 2.05) is 0 Å². The molecule has 0 aromatic heterocycles. The Balaban J connectivity index is 3.69. The predicted molar refractivity (Wildman–Crippen MR) is 35.3 cm³/mol. The summed E-state index contributed by atoms with van der Waals surface area (Å²) in [6.45, 7) is -0.369. The van der Waals surface area contributed by atoms with Crippen LogP contribution in [0.2, 0.25) is 0 Å². The van der Waals surface area contributed by atoms with E-state index in [-0.39, 0.29) is 6.61 Å². The van der Waals surface area contributed by atoms with E-state index < -0.39 is 16.7 Å². The molecule has 0 aromatic rings. The van der Waals surface area contributed by atoms with Crippen molar-refractivity contribution in [1.29, 1.82) is 0 Å². The van der Waals surface area contributed by atoms with Gasteiger partial charge in [-0.2, -0.15) is 8.42 Å². The van der Waals surface area contributed by atoms with Crippen molar-refractivity contribution < 1.29 is 26.6 Å². The molecule has 11 heavy (non-hydrogen) atoms. The van der Waals surface area contributed by atoms with Crippen molar-refractivity contribution in [2.24, 2.45) is 0 Å². The Morgan fingerprint density at radius 1 is 1.36 bits per heavy atom. The van der Waals surface area contributed by atoms with E-state index in [0.29, 0.717) is 0 Å². The molecule has 1 N–H and O–H groups in total. The van der Waals surface area contributed by atoms with E-state index in [1.54, 1.807) is 0 Å². The van der Waals surface area contributed by atoms with Crippen LogP contribution in [0.25, 0.3) is 0 Å². The van der Waals surface area contributed by atoms with Crippen LogP contribution in [0.3, 0.4) is 0 Å². The zero-order valence-electron chi connectivity index (χ0n) is 6.18. The van der Waals surface area contributed by atoms with Gasteiger partial charge in [-0.15, -0.1) is 0 Å². The van der Waals surface area contributed by atoms with Gasteiger partial charge in [-0.05, 0) is 0 Å². The van der Waals surface area contributed by atoms with Gasteiger partial charge in [0.05, 0.1) is 0 Å². The second-order valence-electron chi connectivity index (χ2n) is 1.61. The molecule has 0 unspecified atom stereocenters. The van der Waals surface area contributed by atoms with Crippen molar-refractivity contribution in [1.82, 2.24) is 0 Å². The Kier molecular flexibility index (Phi) is 4.54. The van der Waals surface area contributed by atoms with Gasteiger partial charge in [0.25, 0.3) is 0 Å². The van der Waals surface area contributed by atoms with Crippen molar-refractivity contribution in [2.45, 2.75) is 6.29 Å². The molecule has 0 atom stereocenters. The minimum absolute atomic E-state index is 0.369. The highest BCUT2D eigenvalue weighted by atomic mass is 32.3. The van der Waals surface area contributed by atoms with E-state index in [1.165, 1.54) is 14.2 Å². The molecule has 0 aliphatic rings. The Bertz CT molecular complexity index is 181. The van der Waals surface area contributed by atoms with E-state index in [0.717, 1.165) is 0 Å². The predicted octanol–water partition coefficient (Wildman–Crippen LogP) is -0.575. The molecule has 0 bridgehead atoms. The van der Waals surface area contributed by atoms with Gasteiger partial charge in [-0.3, -0.25) is 4.55 Å². The fourth-order valence-electron chi connectivity index (χ4n) is 0.374. The van der Waals surface area contributed by atoms with Crippen LogP contribution in [-0.2, 0) is 24.1 Å². The lowest BCUT2D eigenvalue weighted by Crippen LogP contribution is -2.22. The first-order valence-corrected chi connectivity index (χ1v) is 4.03. The van der Waals surface area contributed by atoms with Gasteiger partial charge in [0, 0.05) is 14.2 Å². The van der Waals surface area contributed by atoms with Crippen LogP contribution in [0, 0.1) is 0 Å². The second-order valence-corrected chi connectivity index (χ2v) is 2.70. The smallest absolute Gasteiger partial charge is 0.354 e. The summed E-state index contributed by atoms with van der Waals surface area (Å²) in [5.74, 6) is 0. The Labute approximate surface area is 65.0 Å². The monoisotopic (exact) mass is 186 g/mol. The highest BCUT2D eigenvalue weighted by molar-refractivity contribution is 7.80. The summed E-state index contributed by atoms with van der Waals surface area (Å²) in [7, 11) is -1.76. The maximum Gasteiger partial charge on any atom is 0.397 e. The van der Waals surface area contributed by atoms with Crippen LogP contribution in [0.5, 0.6) is 0 Å². The van der Waals surface area contributed by atoms with Gasteiger partial charge in [-0.1, -0.05) is 0 Å². The lowest BCUT2D eigenvalue weighted by atomic mass is 10.7. The van der Waals surface area contributed by atoms with Crippen molar-refractivity contribution in [2.75, 3.05) is 20.8 Å². The third-order valence-electron chi connectivity index (χ3n) is 0.879. The van der Waals surface area contributed by atoms with Crippen LogP contribution in [0.4, 0.5) is 0 Å². The van der Waals surface area contributed by atoms with Crippen molar-refractivity contribution in [3.05, 3.63) is 0 Å². The Morgan fingerprint density at radius 3 is 2.09 bits per heavy atom. The molecule has 0 aliphatic heterocycles. The summed E-state index contributed by atoms with van der Waals surface area (Å²) < 4.78 is 41.2. The zero-order valence-corrected chi connectivity index (χ0v) is 7.00. The minimum atomic E-state index is -4.40. The molecule has 0 saturated heterocycles. The molecule has 0 saturated carbocycles. The average molecular weight is 186 g/mol. The van der Waals surface area contributed by atoms with Crippen molar-refractivity contribution in [3.8, 4) is 0 Å². The summed E-state index contributed by atoms with van der Waals surface area (Å²) in [6, 6.07) is 0. The van der Waals surface area contributed by atoms with Crippen LogP contribution in [-0.4, -0.2) is 40.1 Å². The first-order chi connectivity index (χ1) is 4.99. The Hall–Kier alpha value is -0.210. The third-order valence-corrected chi connectivity index (χ3v) is 1.31. The van der Waals surface area contributed by atoms with Crippen LogP contribution >= 0.6 is 0 Å². The number of hydrogen-bond acceptors (Lipinski definition) is 5. The molecular weight excluding hydrogens is 176 g/mol. The maximum absolute atomic E-state index is 9.99. The molecule has 0 aromatic carbocycles. The van der Waals surface area contributed by atoms with Gasteiger partial charge < -0.3 is 9.47 Å². The van der Waals surface area contributed by atoms with Gasteiger partial charge >= 0.3 is 10.4 Å². The summed E-state index contributed by atoms with van der Waals surface area (Å²) in [5, 5.41) is 0. The number of ether oxygens (including phenoxy) is 2. The highest BCUT2D eigenvalue weighted by Gasteiger charge is 2.10. The van der Waals surface area contributed by atoms with Gasteiger partial charge in [0.2, 0.25) is 0 Å². The lowest BCUT2D eigenvalue weighted by Gasteiger charge is -2.10. The fourth-order valence-corrected chi connectivity index (χ4v) is 0.657. The van der Waals surface area contributed by atoms with E-state index in [2.05, 4.69) is 13.7 Å². The average Bonchev–Trinajstić information content (AvgIpc) is 1.88. The normalized spacial score (nSPS) is 12.4. The van der Waals surface area contributed by atoms with Gasteiger partial charge in [0.15, 0.2) is 6.29 Å². The molecule has 0 rings (SSSR count). The molecule has 0 amide bonds. The summed E-state index contributed by atoms with van der Waals surface area (Å²) in [4.78, 5) is 0. The molecule has 7 heteroatoms. The molecule has 0 heterocycles. The quantitative estimate of drug-likeness (QED) is 0.457. The van der Waals surface area contributed by atoms with Crippen LogP contribution in [0.1, 0.15) is 0 Å². The molecule has 0 aliphatic carbocycles. The van der Waals surface area contributed by atoms with Crippen LogP contribution < -0.4 is 0 Å². The maximum atomic E-state index is 9.99. The molecule has 68 valence electrons. The second kappa shape index (κ2) is 4.62. The lowest BCUT2D eigenvalue weighted by molar-refractivity contribution is -0.122. The molecular formula is C4H10O6S. The van der Waals surface area contributed by atoms with E-state index in [9.17, 15) is 8.42 Å². The fraction of sp³-hybridized carbons (Fsp3) is 1.00. The molecule has 0 fully saturated rings. The zero-order chi connectivity index (χ0) is 8.91. The van der Waals surface area contributed by atoms with Crippen molar-refractivity contribution >= 4 is 10.4 Å². The molecule has 6 nitrogen and oxygen atoms in total. The van der Waals surface area contributed by atoms with E-state index in [4.69, 9.17) is 4.55 Å². The first kappa shape index (κ1) is 10.8. The topological polar surface area (TPSA) is 82.1 Å². The summed E-state index contributed by atoms with van der Waals surface area (Å²) >= 11 is 0. The standard InChI is InChI=1S/C4H10O6S/c1-8-4(9-2)3-10-11(5,6)7/h4H,3H2,1-2H3,(H,5,6,7). The van der Waals surface area contributed by atoms with Crippen molar-refractivity contribution in [3.63, 3.8) is 0 Å². The van der Waals surface area contributed by atoms with Gasteiger partial charge in [-0.25, -0.2) is 4.18 Å². The Morgan fingerprint density at radius 2 is 1.82 bits per heavy atom. The number of methoxy groups -OCH3 is 2. The van der Waals surface area contributed by atoms with E-state index >= 15 is 0 Å². The molecule has 0 radical (unpaired) electrons. The molecule has 0 spiro atoms. The summed E-state index contributed by atoms with van der Waals surface area (Å²) in [6.07, 6.45) is -0.795. The first-order valence-electron chi connectivity index (χ1n) is 2.67. The largest absolute Gasteiger partial charge is 0.397 e. The van der Waals surface area contributed by atoms with Gasteiger partial charge in [0.1, 0.15) is 6.61 Å².